The summed E-state index contributed by atoms with van der Waals surface area (Å²) in [6, 6.07) is 9.20. The number of rotatable bonds is 6. The summed E-state index contributed by atoms with van der Waals surface area (Å²) in [5.74, 6) is -0.182. The van der Waals surface area contributed by atoms with Gasteiger partial charge in [0.1, 0.15) is 0 Å². The van der Waals surface area contributed by atoms with Gasteiger partial charge in [0, 0.05) is 39.3 Å². The average molecular weight is 314 g/mol. The van der Waals surface area contributed by atoms with Gasteiger partial charge in [0.15, 0.2) is 0 Å². The van der Waals surface area contributed by atoms with Crippen LogP contribution in [-0.2, 0) is 23.2 Å². The molecule has 2 amide bonds. The van der Waals surface area contributed by atoms with Crippen LogP contribution in [0.15, 0.2) is 42.7 Å². The van der Waals surface area contributed by atoms with Crippen LogP contribution in [0.3, 0.4) is 0 Å². The number of carbonyl (C=O) groups is 2. The normalized spacial score (nSPS) is 11.8. The number of aromatic nitrogens is 2. The van der Waals surface area contributed by atoms with Gasteiger partial charge in [-0.2, -0.15) is 5.10 Å². The molecule has 1 unspecified atom stereocenters. The summed E-state index contributed by atoms with van der Waals surface area (Å²) in [4.78, 5) is 25.5. The van der Waals surface area contributed by atoms with Crippen LogP contribution in [0.4, 0.5) is 0 Å². The number of carbonyl (C=O) groups excluding carboxylic acids is 2. The minimum atomic E-state index is -0.322. The SMILES string of the molecule is CC(=O)NC(CC(=O)N(C)Cc1cnn(C)c1)c1ccccc1. The van der Waals surface area contributed by atoms with Crippen LogP contribution >= 0.6 is 0 Å². The molecule has 1 aromatic heterocycles. The molecule has 0 bridgehead atoms. The Morgan fingerprint density at radius 3 is 2.57 bits per heavy atom. The van der Waals surface area contributed by atoms with Gasteiger partial charge in [0.25, 0.3) is 0 Å². The Bertz CT molecular complexity index is 666. The highest BCUT2D eigenvalue weighted by Gasteiger charge is 2.19. The molecule has 2 aromatic rings. The third kappa shape index (κ3) is 4.95. The number of benzene rings is 1. The molecule has 0 aliphatic carbocycles. The highest BCUT2D eigenvalue weighted by molar-refractivity contribution is 5.79. The minimum Gasteiger partial charge on any atom is -0.349 e. The summed E-state index contributed by atoms with van der Waals surface area (Å²) < 4.78 is 1.71. The second-order valence-electron chi connectivity index (χ2n) is 5.64. The van der Waals surface area contributed by atoms with E-state index in [0.717, 1.165) is 11.1 Å². The molecule has 0 aliphatic rings. The summed E-state index contributed by atoms with van der Waals surface area (Å²) in [7, 11) is 3.60. The standard InChI is InChI=1S/C17H22N4O2/c1-13(22)19-16(15-7-5-4-6-8-15)9-17(23)20(2)11-14-10-18-21(3)12-14/h4-8,10,12,16H,9,11H2,1-3H3,(H,19,22). The second kappa shape index (κ2) is 7.58. The smallest absolute Gasteiger partial charge is 0.225 e. The van der Waals surface area contributed by atoms with E-state index in [9.17, 15) is 9.59 Å². The highest BCUT2D eigenvalue weighted by atomic mass is 16.2. The monoisotopic (exact) mass is 314 g/mol. The van der Waals surface area contributed by atoms with E-state index in [-0.39, 0.29) is 24.3 Å². The van der Waals surface area contributed by atoms with Crippen LogP contribution < -0.4 is 5.32 Å². The summed E-state index contributed by atoms with van der Waals surface area (Å²) >= 11 is 0. The summed E-state index contributed by atoms with van der Waals surface area (Å²) in [6.45, 7) is 1.95. The van der Waals surface area contributed by atoms with Gasteiger partial charge in [-0.1, -0.05) is 30.3 Å². The maximum absolute atomic E-state index is 12.5. The van der Waals surface area contributed by atoms with Crippen molar-refractivity contribution in [3.05, 3.63) is 53.9 Å². The van der Waals surface area contributed by atoms with Gasteiger partial charge in [0.2, 0.25) is 11.8 Å². The van der Waals surface area contributed by atoms with E-state index in [4.69, 9.17) is 0 Å². The van der Waals surface area contributed by atoms with E-state index < -0.39 is 0 Å². The molecule has 0 saturated carbocycles. The Morgan fingerprint density at radius 2 is 2.00 bits per heavy atom. The molecule has 1 heterocycles. The van der Waals surface area contributed by atoms with Crippen LogP contribution in [0.2, 0.25) is 0 Å². The summed E-state index contributed by atoms with van der Waals surface area (Å²) in [6.07, 6.45) is 3.85. The molecular weight excluding hydrogens is 292 g/mol. The van der Waals surface area contributed by atoms with E-state index in [2.05, 4.69) is 10.4 Å². The van der Waals surface area contributed by atoms with Crippen molar-refractivity contribution in [1.82, 2.24) is 20.0 Å². The fourth-order valence-corrected chi connectivity index (χ4v) is 2.43. The lowest BCUT2D eigenvalue weighted by Gasteiger charge is -2.22. The van der Waals surface area contributed by atoms with Gasteiger partial charge in [-0.25, -0.2) is 0 Å². The summed E-state index contributed by atoms with van der Waals surface area (Å²) in [5.41, 5.74) is 1.89. The predicted octanol–water partition coefficient (Wildman–Crippen LogP) is 1.65. The van der Waals surface area contributed by atoms with Crippen LogP contribution in [0, 0.1) is 0 Å². The Labute approximate surface area is 136 Å². The Hall–Kier alpha value is -2.63. The van der Waals surface area contributed by atoms with Crippen molar-refractivity contribution in [1.29, 1.82) is 0 Å². The van der Waals surface area contributed by atoms with E-state index >= 15 is 0 Å². The number of nitrogens with one attached hydrogen (secondary N) is 1. The lowest BCUT2D eigenvalue weighted by Crippen LogP contribution is -2.33. The van der Waals surface area contributed by atoms with Crippen LogP contribution in [0.25, 0.3) is 0 Å². The first-order chi connectivity index (χ1) is 11.0. The minimum absolute atomic E-state index is 0.0311. The topological polar surface area (TPSA) is 67.2 Å². The number of aryl methyl sites for hydroxylation is 1. The lowest BCUT2D eigenvalue weighted by atomic mass is 10.0. The molecule has 23 heavy (non-hydrogen) atoms. The highest BCUT2D eigenvalue weighted by Crippen LogP contribution is 2.18. The van der Waals surface area contributed by atoms with Gasteiger partial charge in [-0.3, -0.25) is 14.3 Å². The van der Waals surface area contributed by atoms with Gasteiger partial charge in [-0.15, -0.1) is 0 Å². The number of hydrogen-bond acceptors (Lipinski definition) is 3. The molecule has 0 spiro atoms. The van der Waals surface area contributed by atoms with E-state index in [0.29, 0.717) is 6.54 Å². The zero-order chi connectivity index (χ0) is 16.8. The van der Waals surface area contributed by atoms with Crippen LogP contribution in [-0.4, -0.2) is 33.5 Å². The van der Waals surface area contributed by atoms with Crippen molar-refractivity contribution in [2.24, 2.45) is 7.05 Å². The molecule has 1 aromatic carbocycles. The van der Waals surface area contributed by atoms with Crippen molar-refractivity contribution in [2.75, 3.05) is 7.05 Å². The van der Waals surface area contributed by atoms with Gasteiger partial charge >= 0.3 is 0 Å². The zero-order valence-electron chi connectivity index (χ0n) is 13.7. The molecule has 0 saturated heterocycles. The molecule has 1 N–H and O–H groups in total. The average Bonchev–Trinajstić information content (AvgIpc) is 2.92. The largest absolute Gasteiger partial charge is 0.349 e. The third-order valence-electron chi connectivity index (χ3n) is 3.56. The van der Waals surface area contributed by atoms with Crippen molar-refractivity contribution in [3.8, 4) is 0 Å². The fraction of sp³-hybridized carbons (Fsp3) is 0.353. The zero-order valence-corrected chi connectivity index (χ0v) is 13.7. The van der Waals surface area contributed by atoms with E-state index in [1.54, 1.807) is 22.8 Å². The first-order valence-electron chi connectivity index (χ1n) is 7.49. The molecular formula is C17H22N4O2. The molecule has 0 fully saturated rings. The molecule has 0 aliphatic heterocycles. The maximum atomic E-state index is 12.5. The van der Waals surface area contributed by atoms with Crippen LogP contribution in [0.5, 0.6) is 0 Å². The maximum Gasteiger partial charge on any atom is 0.225 e. The van der Waals surface area contributed by atoms with Crippen LogP contribution in [0.1, 0.15) is 30.5 Å². The van der Waals surface area contributed by atoms with Crippen molar-refractivity contribution in [3.63, 3.8) is 0 Å². The first kappa shape index (κ1) is 16.7. The van der Waals surface area contributed by atoms with Gasteiger partial charge in [-0.05, 0) is 5.56 Å². The Kier molecular flexibility index (Phi) is 5.51. The molecule has 6 nitrogen and oxygen atoms in total. The quantitative estimate of drug-likeness (QED) is 0.881. The summed E-state index contributed by atoms with van der Waals surface area (Å²) in [5, 5.41) is 6.95. The molecule has 2 rings (SSSR count). The van der Waals surface area contributed by atoms with Gasteiger partial charge in [0.05, 0.1) is 18.7 Å². The molecule has 6 heteroatoms. The lowest BCUT2D eigenvalue weighted by molar-refractivity contribution is -0.131. The third-order valence-corrected chi connectivity index (χ3v) is 3.56. The Morgan fingerprint density at radius 1 is 1.30 bits per heavy atom. The Balaban J connectivity index is 2.03. The predicted molar refractivity (Wildman–Crippen MR) is 87.3 cm³/mol. The van der Waals surface area contributed by atoms with Crippen molar-refractivity contribution < 1.29 is 9.59 Å². The number of hydrogen-bond donors (Lipinski definition) is 1. The number of nitrogens with zero attached hydrogens (tertiary/aromatic N) is 3. The van der Waals surface area contributed by atoms with E-state index in [1.807, 2.05) is 43.6 Å². The molecule has 1 atom stereocenters. The molecule has 122 valence electrons. The van der Waals surface area contributed by atoms with Gasteiger partial charge < -0.3 is 10.2 Å². The second-order valence-corrected chi connectivity index (χ2v) is 5.64. The molecule has 0 radical (unpaired) electrons. The fourth-order valence-electron chi connectivity index (χ4n) is 2.43. The van der Waals surface area contributed by atoms with Crippen molar-refractivity contribution >= 4 is 11.8 Å². The van der Waals surface area contributed by atoms with E-state index in [1.165, 1.54) is 6.92 Å². The van der Waals surface area contributed by atoms with Crippen molar-refractivity contribution in [2.45, 2.75) is 25.9 Å². The number of amides is 2. The first-order valence-corrected chi connectivity index (χ1v) is 7.49.